The third kappa shape index (κ3) is 1.76. The van der Waals surface area contributed by atoms with Crippen LogP contribution in [0.2, 0.25) is 0 Å². The van der Waals surface area contributed by atoms with Gasteiger partial charge in [0, 0.05) is 6.54 Å². The minimum atomic E-state index is -0.514. The van der Waals surface area contributed by atoms with Crippen LogP contribution in [-0.4, -0.2) is 18.6 Å². The Hall–Kier alpha value is -1.39. The van der Waals surface area contributed by atoms with E-state index in [1.165, 1.54) is 0 Å². The summed E-state index contributed by atoms with van der Waals surface area (Å²) >= 11 is 0. The van der Waals surface area contributed by atoms with Crippen molar-refractivity contribution in [2.24, 2.45) is 5.73 Å². The molecule has 0 saturated carbocycles. The molecule has 4 nitrogen and oxygen atoms in total. The molecule has 1 aromatic rings. The van der Waals surface area contributed by atoms with E-state index in [0.717, 1.165) is 5.56 Å². The summed E-state index contributed by atoms with van der Waals surface area (Å²) in [6, 6.07) is 9.68. The average Bonchev–Trinajstić information content (AvgIpc) is 2.68. The number of rotatable bonds is 2. The molecule has 0 aliphatic carbocycles. The Morgan fingerprint density at radius 2 is 2.14 bits per heavy atom. The third-order valence-electron chi connectivity index (χ3n) is 2.21. The molecule has 3 N–H and O–H groups in total. The average molecular weight is 192 g/mol. The lowest BCUT2D eigenvalue weighted by atomic mass is 10.2. The molecule has 1 fully saturated rings. The van der Waals surface area contributed by atoms with Gasteiger partial charge in [0.05, 0.1) is 0 Å². The highest BCUT2D eigenvalue weighted by Crippen LogP contribution is 2.20. The van der Waals surface area contributed by atoms with Gasteiger partial charge in [-0.1, -0.05) is 30.3 Å². The van der Waals surface area contributed by atoms with E-state index in [1.54, 1.807) is 0 Å². The number of nitrogens with two attached hydrogens (primary N) is 1. The highest BCUT2D eigenvalue weighted by Gasteiger charge is 2.29. The third-order valence-corrected chi connectivity index (χ3v) is 2.21. The van der Waals surface area contributed by atoms with Gasteiger partial charge in [-0.25, -0.2) is 0 Å². The molecule has 4 heteroatoms. The van der Waals surface area contributed by atoms with Gasteiger partial charge in [-0.05, 0) is 5.56 Å². The molecule has 1 aromatic carbocycles. The van der Waals surface area contributed by atoms with Gasteiger partial charge >= 0.3 is 0 Å². The van der Waals surface area contributed by atoms with Crippen LogP contribution in [0.3, 0.4) is 0 Å². The van der Waals surface area contributed by atoms with Crippen LogP contribution in [0.1, 0.15) is 11.8 Å². The highest BCUT2D eigenvalue weighted by atomic mass is 16.5. The van der Waals surface area contributed by atoms with Crippen LogP contribution < -0.4 is 11.1 Å². The summed E-state index contributed by atoms with van der Waals surface area (Å²) in [6.07, 6.45) is -0.728. The van der Waals surface area contributed by atoms with Crippen LogP contribution in [0.5, 0.6) is 0 Å². The van der Waals surface area contributed by atoms with Gasteiger partial charge in [-0.3, -0.25) is 10.1 Å². The number of carbonyl (C=O) groups excluding carboxylic acids is 1. The lowest BCUT2D eigenvalue weighted by Crippen LogP contribution is -2.31. The minimum absolute atomic E-state index is 0.214. The molecule has 14 heavy (non-hydrogen) atoms. The molecule has 1 saturated heterocycles. The second-order valence-corrected chi connectivity index (χ2v) is 3.23. The Labute approximate surface area is 82.1 Å². The molecule has 1 aliphatic rings. The number of carbonyl (C=O) groups is 1. The van der Waals surface area contributed by atoms with Crippen LogP contribution in [0, 0.1) is 0 Å². The van der Waals surface area contributed by atoms with Gasteiger partial charge in [-0.15, -0.1) is 0 Å². The van der Waals surface area contributed by atoms with Crippen molar-refractivity contribution in [1.82, 2.24) is 5.32 Å². The second kappa shape index (κ2) is 3.77. The number of ether oxygens (including phenoxy) is 1. The second-order valence-electron chi connectivity index (χ2n) is 3.23. The fourth-order valence-corrected chi connectivity index (χ4v) is 1.47. The van der Waals surface area contributed by atoms with Crippen molar-refractivity contribution >= 4 is 5.91 Å². The summed E-state index contributed by atoms with van der Waals surface area (Å²) < 4.78 is 5.42. The van der Waals surface area contributed by atoms with Crippen molar-refractivity contribution in [2.45, 2.75) is 12.3 Å². The van der Waals surface area contributed by atoms with Crippen molar-refractivity contribution in [1.29, 1.82) is 0 Å². The zero-order valence-electron chi connectivity index (χ0n) is 7.64. The number of amides is 1. The van der Waals surface area contributed by atoms with E-state index in [9.17, 15) is 4.79 Å². The lowest BCUT2D eigenvalue weighted by Gasteiger charge is -2.10. The fraction of sp³-hybridized carbons (Fsp3) is 0.300. The maximum atomic E-state index is 10.8. The number of primary amides is 1. The van der Waals surface area contributed by atoms with Gasteiger partial charge in [0.1, 0.15) is 6.23 Å². The summed E-state index contributed by atoms with van der Waals surface area (Å²) in [4.78, 5) is 10.8. The summed E-state index contributed by atoms with van der Waals surface area (Å²) in [5, 5.41) is 3.08. The first-order valence-corrected chi connectivity index (χ1v) is 4.50. The molecule has 0 radical (unpaired) electrons. The lowest BCUT2D eigenvalue weighted by molar-refractivity contribution is -0.128. The van der Waals surface area contributed by atoms with Gasteiger partial charge < -0.3 is 10.5 Å². The molecule has 2 rings (SSSR count). The molecule has 2 unspecified atom stereocenters. The van der Waals surface area contributed by atoms with Gasteiger partial charge in [0.2, 0.25) is 5.91 Å². The zero-order chi connectivity index (χ0) is 9.97. The van der Waals surface area contributed by atoms with Crippen LogP contribution >= 0.6 is 0 Å². The predicted molar refractivity (Wildman–Crippen MR) is 51.3 cm³/mol. The Kier molecular flexibility index (Phi) is 2.47. The molecule has 74 valence electrons. The van der Waals surface area contributed by atoms with Crippen molar-refractivity contribution < 1.29 is 9.53 Å². The van der Waals surface area contributed by atoms with Crippen LogP contribution in [0.4, 0.5) is 0 Å². The number of hydrogen-bond acceptors (Lipinski definition) is 3. The molecule has 2 atom stereocenters. The van der Waals surface area contributed by atoms with Gasteiger partial charge in [0.25, 0.3) is 0 Å². The molecule has 1 amide bonds. The molecular formula is C10H12N2O2. The van der Waals surface area contributed by atoms with Gasteiger partial charge in [-0.2, -0.15) is 0 Å². The molecule has 0 bridgehead atoms. The van der Waals surface area contributed by atoms with E-state index in [0.29, 0.717) is 6.54 Å². The van der Waals surface area contributed by atoms with Crippen LogP contribution in [0.15, 0.2) is 30.3 Å². The minimum Gasteiger partial charge on any atom is -0.367 e. The van der Waals surface area contributed by atoms with Crippen molar-refractivity contribution in [2.75, 3.05) is 6.54 Å². The molecule has 1 heterocycles. The van der Waals surface area contributed by atoms with Crippen molar-refractivity contribution in [3.63, 3.8) is 0 Å². The number of hydrogen-bond donors (Lipinski definition) is 2. The monoisotopic (exact) mass is 192 g/mol. The van der Waals surface area contributed by atoms with Crippen molar-refractivity contribution in [3.8, 4) is 0 Å². The summed E-state index contributed by atoms with van der Waals surface area (Å²) in [7, 11) is 0. The maximum absolute atomic E-state index is 10.8. The van der Waals surface area contributed by atoms with E-state index in [2.05, 4.69) is 5.32 Å². The normalized spacial score (nSPS) is 26.3. The highest BCUT2D eigenvalue weighted by molar-refractivity contribution is 5.79. The Morgan fingerprint density at radius 3 is 2.71 bits per heavy atom. The van der Waals surface area contributed by atoms with E-state index in [1.807, 2.05) is 30.3 Å². The van der Waals surface area contributed by atoms with E-state index in [-0.39, 0.29) is 6.23 Å². The molecule has 1 aliphatic heterocycles. The van der Waals surface area contributed by atoms with Gasteiger partial charge in [0.15, 0.2) is 6.10 Å². The Morgan fingerprint density at radius 1 is 1.43 bits per heavy atom. The van der Waals surface area contributed by atoms with E-state index < -0.39 is 12.0 Å². The van der Waals surface area contributed by atoms with Crippen molar-refractivity contribution in [3.05, 3.63) is 35.9 Å². The first-order chi connectivity index (χ1) is 6.77. The maximum Gasteiger partial charge on any atom is 0.247 e. The van der Waals surface area contributed by atoms with E-state index in [4.69, 9.17) is 10.5 Å². The fourth-order valence-electron chi connectivity index (χ4n) is 1.47. The number of nitrogens with one attached hydrogen (secondary N) is 1. The standard InChI is InChI=1S/C10H12N2O2/c11-9(13)8-6-12-10(14-8)7-4-2-1-3-5-7/h1-5,8,10,12H,6H2,(H2,11,13). The molecule has 0 aromatic heterocycles. The summed E-state index contributed by atoms with van der Waals surface area (Å²) in [5.41, 5.74) is 6.14. The molecular weight excluding hydrogens is 180 g/mol. The first kappa shape index (κ1) is 9.18. The quantitative estimate of drug-likeness (QED) is 0.701. The van der Waals surface area contributed by atoms with Crippen LogP contribution in [0.25, 0.3) is 0 Å². The Bertz CT molecular complexity index is 326. The number of benzene rings is 1. The topological polar surface area (TPSA) is 64.4 Å². The van der Waals surface area contributed by atoms with E-state index >= 15 is 0 Å². The predicted octanol–water partition coefficient (Wildman–Crippen LogP) is 0.159. The SMILES string of the molecule is NC(=O)C1CNC(c2ccccc2)O1. The molecule has 0 spiro atoms. The van der Waals surface area contributed by atoms with Crippen LogP contribution in [-0.2, 0) is 9.53 Å². The smallest absolute Gasteiger partial charge is 0.247 e. The summed E-state index contributed by atoms with van der Waals surface area (Å²) in [5.74, 6) is -0.420. The Balaban J connectivity index is 2.06. The largest absolute Gasteiger partial charge is 0.367 e. The zero-order valence-corrected chi connectivity index (χ0v) is 7.64. The summed E-state index contributed by atoms with van der Waals surface area (Å²) in [6.45, 7) is 0.481. The first-order valence-electron chi connectivity index (χ1n) is 4.50.